The summed E-state index contributed by atoms with van der Waals surface area (Å²) in [5.74, 6) is -5.27. The maximum atomic E-state index is 13.7. The second kappa shape index (κ2) is 5.83. The van der Waals surface area contributed by atoms with E-state index in [1.165, 1.54) is 0 Å². The van der Waals surface area contributed by atoms with Crippen LogP contribution in [-0.4, -0.2) is 54.1 Å². The number of hydrogen-bond donors (Lipinski definition) is 0. The van der Waals surface area contributed by atoms with Crippen LogP contribution < -0.4 is 0 Å². The van der Waals surface area contributed by atoms with Gasteiger partial charge in [-0.2, -0.15) is 43.9 Å². The molecule has 0 radical (unpaired) electrons. The van der Waals surface area contributed by atoms with Gasteiger partial charge in [0.05, 0.1) is 0 Å². The minimum atomic E-state index is -6.52. The van der Waals surface area contributed by atoms with Crippen LogP contribution in [0.3, 0.4) is 0 Å². The van der Waals surface area contributed by atoms with Crippen LogP contribution >= 0.6 is 0 Å². The van der Waals surface area contributed by atoms with Gasteiger partial charge in [-0.05, 0) is 13.8 Å². The average molecular weight is 385 g/mol. The van der Waals surface area contributed by atoms with Crippen LogP contribution in [0.25, 0.3) is 0 Å². The molecule has 1 rings (SSSR count). The Balaban J connectivity index is 3.44. The van der Waals surface area contributed by atoms with E-state index in [0.717, 1.165) is 6.92 Å². The molecular formula is C10H10F11NO2. The van der Waals surface area contributed by atoms with Crippen LogP contribution in [0.15, 0.2) is 0 Å². The van der Waals surface area contributed by atoms with Crippen LogP contribution in [-0.2, 0) is 9.47 Å². The highest BCUT2D eigenvalue weighted by Gasteiger charge is 2.85. The quantitative estimate of drug-likeness (QED) is 0.527. The van der Waals surface area contributed by atoms with Crippen molar-refractivity contribution in [3.63, 3.8) is 0 Å². The zero-order chi connectivity index (χ0) is 19.4. The van der Waals surface area contributed by atoms with Crippen molar-refractivity contribution >= 4 is 0 Å². The molecule has 2 unspecified atom stereocenters. The van der Waals surface area contributed by atoms with Crippen molar-refractivity contribution in [3.8, 4) is 0 Å². The van der Waals surface area contributed by atoms with E-state index in [-0.39, 0.29) is 0 Å². The standard InChI is InChI=1S/C10H10F11NO2/c1-3-23-4(2)6(12,13)5(11)22-7(14,15)9(18,19)24-10(20,21)8(22,16)17/h4-5H,3H2,1-2H3. The molecule has 0 saturated carbocycles. The van der Waals surface area contributed by atoms with E-state index >= 15 is 0 Å². The van der Waals surface area contributed by atoms with E-state index in [4.69, 9.17) is 0 Å². The normalized spacial score (nSPS) is 28.4. The van der Waals surface area contributed by atoms with Crippen molar-refractivity contribution in [2.75, 3.05) is 6.61 Å². The van der Waals surface area contributed by atoms with Gasteiger partial charge in [-0.15, -0.1) is 4.90 Å². The van der Waals surface area contributed by atoms with E-state index in [9.17, 15) is 48.3 Å². The van der Waals surface area contributed by atoms with Gasteiger partial charge in [0, 0.05) is 6.61 Å². The van der Waals surface area contributed by atoms with Crippen molar-refractivity contribution < 1.29 is 57.8 Å². The fraction of sp³-hybridized carbons (Fsp3) is 1.00. The Kier molecular flexibility index (Phi) is 5.14. The molecule has 0 aromatic rings. The molecule has 0 aromatic carbocycles. The first-order valence-electron chi connectivity index (χ1n) is 6.11. The summed E-state index contributed by atoms with van der Waals surface area (Å²) in [4.78, 5) is -2.89. The van der Waals surface area contributed by atoms with E-state index in [1.54, 1.807) is 0 Å². The molecule has 0 N–H and O–H groups in total. The minimum absolute atomic E-state index is 0.350. The number of halogens is 11. The lowest BCUT2D eigenvalue weighted by atomic mass is 10.1. The zero-order valence-electron chi connectivity index (χ0n) is 11.8. The highest BCUT2D eigenvalue weighted by molar-refractivity contribution is 4.99. The summed E-state index contributed by atoms with van der Waals surface area (Å²) in [7, 11) is 0. The van der Waals surface area contributed by atoms with E-state index in [1.807, 2.05) is 4.74 Å². The van der Waals surface area contributed by atoms with E-state index < -0.39 is 54.1 Å². The summed E-state index contributed by atoms with van der Waals surface area (Å²) in [5, 5.41) is 0. The van der Waals surface area contributed by atoms with Gasteiger partial charge in [-0.3, -0.25) is 0 Å². The summed E-state index contributed by atoms with van der Waals surface area (Å²) in [6.45, 7) is 0.870. The second-order valence-corrected chi connectivity index (χ2v) is 4.70. The molecule has 2 atom stereocenters. The number of nitrogens with zero attached hydrogens (tertiary/aromatic N) is 1. The Morgan fingerprint density at radius 1 is 0.958 bits per heavy atom. The second-order valence-electron chi connectivity index (χ2n) is 4.70. The Morgan fingerprint density at radius 3 is 1.67 bits per heavy atom. The monoisotopic (exact) mass is 385 g/mol. The first-order valence-corrected chi connectivity index (χ1v) is 6.11. The van der Waals surface area contributed by atoms with Gasteiger partial charge in [0.1, 0.15) is 6.10 Å². The van der Waals surface area contributed by atoms with Crippen LogP contribution in [0.4, 0.5) is 48.3 Å². The van der Waals surface area contributed by atoms with Crippen LogP contribution in [0.1, 0.15) is 13.8 Å². The average Bonchev–Trinajstić information content (AvgIpc) is 2.35. The molecule has 1 aliphatic rings. The van der Waals surface area contributed by atoms with Crippen LogP contribution in [0, 0.1) is 0 Å². The summed E-state index contributed by atoms with van der Waals surface area (Å²) < 4.78 is 152. The number of hydrogen-bond acceptors (Lipinski definition) is 3. The smallest absolute Gasteiger partial charge is 0.372 e. The molecule has 24 heavy (non-hydrogen) atoms. The largest absolute Gasteiger partial charge is 0.439 e. The summed E-state index contributed by atoms with van der Waals surface area (Å²) >= 11 is 0. The third kappa shape index (κ3) is 2.92. The van der Waals surface area contributed by atoms with Crippen molar-refractivity contribution in [2.24, 2.45) is 0 Å². The highest BCUT2D eigenvalue weighted by Crippen LogP contribution is 2.57. The summed E-state index contributed by atoms with van der Waals surface area (Å²) in [6, 6.07) is -13.0. The van der Waals surface area contributed by atoms with Crippen molar-refractivity contribution in [1.82, 2.24) is 4.90 Å². The predicted octanol–water partition coefficient (Wildman–Crippen LogP) is 4.05. The van der Waals surface area contributed by atoms with Gasteiger partial charge >= 0.3 is 30.2 Å². The van der Waals surface area contributed by atoms with Crippen molar-refractivity contribution in [1.29, 1.82) is 0 Å². The van der Waals surface area contributed by atoms with Gasteiger partial charge in [0.15, 0.2) is 0 Å². The minimum Gasteiger partial charge on any atom is -0.372 e. The SMILES string of the molecule is CCOC(C)C(F)(F)C(F)N1C(F)(F)C(F)(F)OC(F)(F)C1(F)F. The molecule has 0 spiro atoms. The fourth-order valence-corrected chi connectivity index (χ4v) is 1.75. The van der Waals surface area contributed by atoms with Gasteiger partial charge < -0.3 is 4.74 Å². The molecule has 0 aromatic heterocycles. The maximum Gasteiger partial charge on any atom is 0.439 e. The first-order chi connectivity index (χ1) is 10.5. The lowest BCUT2D eigenvalue weighted by Gasteiger charge is -2.49. The number of alkyl halides is 11. The third-order valence-electron chi connectivity index (χ3n) is 3.06. The van der Waals surface area contributed by atoms with E-state index in [2.05, 4.69) is 4.74 Å². The molecule has 0 aliphatic carbocycles. The zero-order valence-corrected chi connectivity index (χ0v) is 11.8. The molecule has 1 saturated heterocycles. The molecule has 14 heteroatoms. The molecule has 144 valence electrons. The molecule has 3 nitrogen and oxygen atoms in total. The highest BCUT2D eigenvalue weighted by atomic mass is 19.4. The third-order valence-corrected chi connectivity index (χ3v) is 3.06. The Labute approximate surface area is 127 Å². The lowest BCUT2D eigenvalue weighted by molar-refractivity contribution is -0.575. The predicted molar refractivity (Wildman–Crippen MR) is 53.6 cm³/mol. The lowest BCUT2D eigenvalue weighted by Crippen LogP contribution is -2.77. The molecule has 1 fully saturated rings. The molecule has 0 bridgehead atoms. The Hall–Kier alpha value is -0.890. The van der Waals surface area contributed by atoms with Gasteiger partial charge in [0.2, 0.25) is 6.30 Å². The number of morpholine rings is 1. The van der Waals surface area contributed by atoms with Crippen molar-refractivity contribution in [2.45, 2.75) is 56.5 Å². The maximum absolute atomic E-state index is 13.7. The Morgan fingerprint density at radius 2 is 1.33 bits per heavy atom. The van der Waals surface area contributed by atoms with Crippen molar-refractivity contribution in [3.05, 3.63) is 0 Å². The van der Waals surface area contributed by atoms with Crippen LogP contribution in [0.5, 0.6) is 0 Å². The summed E-state index contributed by atoms with van der Waals surface area (Å²) in [6.07, 6.45) is -20.4. The Bertz CT molecular complexity index is 444. The van der Waals surface area contributed by atoms with Crippen LogP contribution in [0.2, 0.25) is 0 Å². The van der Waals surface area contributed by atoms with E-state index in [0.29, 0.717) is 6.92 Å². The molecule has 1 heterocycles. The number of ether oxygens (including phenoxy) is 2. The van der Waals surface area contributed by atoms with Gasteiger partial charge in [-0.25, -0.2) is 9.13 Å². The molecular weight excluding hydrogens is 375 g/mol. The number of rotatable bonds is 5. The molecule has 1 aliphatic heterocycles. The first kappa shape index (κ1) is 21.2. The molecule has 0 amide bonds. The summed E-state index contributed by atoms with van der Waals surface area (Å²) in [5.41, 5.74) is 0. The topological polar surface area (TPSA) is 21.7 Å². The fourth-order valence-electron chi connectivity index (χ4n) is 1.75. The van der Waals surface area contributed by atoms with Gasteiger partial charge in [0.25, 0.3) is 0 Å². The van der Waals surface area contributed by atoms with Gasteiger partial charge in [-0.1, -0.05) is 0 Å².